The molecule has 0 heterocycles. The number of rotatable bonds is 0. The topological polar surface area (TPSA) is 0 Å². The monoisotopic (exact) mass is 187 g/mol. The van der Waals surface area contributed by atoms with Gasteiger partial charge >= 0.3 is 0 Å². The molecule has 0 unspecified atom stereocenters. The van der Waals surface area contributed by atoms with Crippen molar-refractivity contribution in [1.82, 2.24) is 0 Å². The van der Waals surface area contributed by atoms with Crippen LogP contribution in [-0.4, -0.2) is 0 Å². The second-order valence-corrected chi connectivity index (χ2v) is 0. The van der Waals surface area contributed by atoms with Crippen molar-refractivity contribution < 1.29 is 34.1 Å². The van der Waals surface area contributed by atoms with E-state index in [-0.39, 0.29) is 61.1 Å². The Morgan fingerprint density at radius 3 is 0.750 bits per heavy atom. The average molecular weight is 188 g/mol. The first-order chi connectivity index (χ1) is 0. The van der Waals surface area contributed by atoms with Crippen LogP contribution in [-0.2, 0) is 34.1 Å². The molecule has 0 nitrogen and oxygen atoms in total. The molecule has 0 aromatic heterocycles. The van der Waals surface area contributed by atoms with Gasteiger partial charge in [0.25, 0.3) is 0 Å². The summed E-state index contributed by atoms with van der Waals surface area (Å²) in [7, 11) is 0. The summed E-state index contributed by atoms with van der Waals surface area (Å²) in [5.74, 6) is 0. The molecule has 4 heteroatoms. The van der Waals surface area contributed by atoms with Gasteiger partial charge in [0.15, 0.2) is 0 Å². The fourth-order valence-corrected chi connectivity index (χ4v) is 0. The van der Waals surface area contributed by atoms with Gasteiger partial charge in [-0.3, -0.25) is 0 Å². The van der Waals surface area contributed by atoms with E-state index in [1.165, 1.54) is 0 Å². The van der Waals surface area contributed by atoms with Gasteiger partial charge in [0.05, 0.1) is 0 Å². The van der Waals surface area contributed by atoms with E-state index in [4.69, 9.17) is 0 Å². The molecule has 0 atom stereocenters. The van der Waals surface area contributed by atoms with Gasteiger partial charge in [-0.15, -0.1) is 0 Å². The molecular weight excluding hydrogens is 184 g/mol. The van der Waals surface area contributed by atoms with E-state index in [2.05, 4.69) is 0 Å². The molecule has 0 rings (SSSR count). The van der Waals surface area contributed by atoms with Crippen molar-refractivity contribution in [3.05, 3.63) is 0 Å². The SMILES string of the molecule is S.S.[Cu].[Fe]. The standard InChI is InChI=1S/Cu.Fe.2H2S/h;;2*1H2. The predicted molar refractivity (Wildman–Crippen MR) is 20.8 cm³/mol. The van der Waals surface area contributed by atoms with E-state index in [1.54, 1.807) is 0 Å². The summed E-state index contributed by atoms with van der Waals surface area (Å²) in [6.07, 6.45) is 0. The van der Waals surface area contributed by atoms with Crippen LogP contribution in [0.3, 0.4) is 0 Å². The first-order valence-electron chi connectivity index (χ1n) is 0. The van der Waals surface area contributed by atoms with Crippen molar-refractivity contribution in [3.63, 3.8) is 0 Å². The fourth-order valence-electron chi connectivity index (χ4n) is 0. The van der Waals surface area contributed by atoms with Gasteiger partial charge in [0, 0.05) is 34.1 Å². The normalized spacial score (nSPS) is 0. The summed E-state index contributed by atoms with van der Waals surface area (Å²) in [5, 5.41) is 0. The van der Waals surface area contributed by atoms with Crippen LogP contribution in [0.25, 0.3) is 0 Å². The maximum Gasteiger partial charge on any atom is 0 e. The molecule has 0 spiro atoms. The van der Waals surface area contributed by atoms with Crippen LogP contribution in [0.4, 0.5) is 0 Å². The minimum Gasteiger partial charge on any atom is -0.197 e. The zero-order chi connectivity index (χ0) is 0. The molecule has 0 aliphatic heterocycles. The number of hydrogen-bond donors (Lipinski definition) is 0. The van der Waals surface area contributed by atoms with Gasteiger partial charge < -0.3 is 0 Å². The molecule has 0 aliphatic carbocycles. The molecule has 0 aliphatic rings. The Balaban J connectivity index is 0. The van der Waals surface area contributed by atoms with Gasteiger partial charge in [0.1, 0.15) is 0 Å². The molecule has 4 heavy (non-hydrogen) atoms. The van der Waals surface area contributed by atoms with E-state index in [0.29, 0.717) is 0 Å². The van der Waals surface area contributed by atoms with Crippen molar-refractivity contribution in [1.29, 1.82) is 0 Å². The minimum atomic E-state index is 0. The van der Waals surface area contributed by atoms with Crippen LogP contribution in [0.5, 0.6) is 0 Å². The molecular formula is H4CuFeS2. The van der Waals surface area contributed by atoms with E-state index in [1.807, 2.05) is 0 Å². The van der Waals surface area contributed by atoms with Gasteiger partial charge in [-0.2, -0.15) is 27.0 Å². The third kappa shape index (κ3) is 9.28. The summed E-state index contributed by atoms with van der Waals surface area (Å²) in [6, 6.07) is 0. The Labute approximate surface area is 60.9 Å². The summed E-state index contributed by atoms with van der Waals surface area (Å²) in [4.78, 5) is 0. The Morgan fingerprint density at radius 2 is 0.750 bits per heavy atom. The molecule has 0 N–H and O–H groups in total. The van der Waals surface area contributed by atoms with E-state index in [9.17, 15) is 0 Å². The predicted octanol–water partition coefficient (Wildman–Crippen LogP) is 0.221. The van der Waals surface area contributed by atoms with Crippen LogP contribution in [0.2, 0.25) is 0 Å². The third-order valence-corrected chi connectivity index (χ3v) is 0. The van der Waals surface area contributed by atoms with E-state index >= 15 is 0 Å². The molecule has 0 saturated carbocycles. The molecule has 0 fully saturated rings. The van der Waals surface area contributed by atoms with Gasteiger partial charge in [0.2, 0.25) is 0 Å². The molecule has 0 saturated heterocycles. The van der Waals surface area contributed by atoms with E-state index < -0.39 is 0 Å². The second-order valence-electron chi connectivity index (χ2n) is 0. The van der Waals surface area contributed by atoms with Gasteiger partial charge in [-0.05, 0) is 0 Å². The van der Waals surface area contributed by atoms with E-state index in [0.717, 1.165) is 0 Å². The fraction of sp³-hybridized carbons (Fsp3) is 0. The van der Waals surface area contributed by atoms with Crippen molar-refractivity contribution in [2.24, 2.45) is 0 Å². The van der Waals surface area contributed by atoms with Crippen molar-refractivity contribution in [2.75, 3.05) is 0 Å². The molecule has 1 radical (unpaired) electrons. The Morgan fingerprint density at radius 1 is 0.750 bits per heavy atom. The van der Waals surface area contributed by atoms with Crippen molar-refractivity contribution in [2.45, 2.75) is 0 Å². The molecule has 35 valence electrons. The first-order valence-corrected chi connectivity index (χ1v) is 0. The van der Waals surface area contributed by atoms with Crippen LogP contribution < -0.4 is 0 Å². The molecule has 0 aromatic rings. The van der Waals surface area contributed by atoms with Crippen LogP contribution in [0, 0.1) is 0 Å². The molecule has 0 amide bonds. The zero-order valence-electron chi connectivity index (χ0n) is 1.66. The summed E-state index contributed by atoms with van der Waals surface area (Å²) in [6.45, 7) is 0. The van der Waals surface area contributed by atoms with Crippen LogP contribution in [0.15, 0.2) is 0 Å². The second kappa shape index (κ2) is 21.9. The number of hydrogen-bond acceptors (Lipinski definition) is 0. The average Bonchev–Trinajstić information content (AvgIpc) is 0. The van der Waals surface area contributed by atoms with Crippen LogP contribution >= 0.6 is 27.0 Å². The minimum absolute atomic E-state index is 0. The van der Waals surface area contributed by atoms with Crippen LogP contribution in [0.1, 0.15) is 0 Å². The summed E-state index contributed by atoms with van der Waals surface area (Å²) in [5.41, 5.74) is 0. The maximum absolute atomic E-state index is 0. The van der Waals surface area contributed by atoms with Gasteiger partial charge in [-0.1, -0.05) is 0 Å². The Hall–Kier alpha value is 1.74. The van der Waals surface area contributed by atoms with Crippen molar-refractivity contribution in [3.8, 4) is 0 Å². The smallest absolute Gasteiger partial charge is 0 e. The zero-order valence-corrected chi connectivity index (χ0v) is 5.70. The molecule has 0 aromatic carbocycles. The summed E-state index contributed by atoms with van der Waals surface area (Å²) < 4.78 is 0. The van der Waals surface area contributed by atoms with Crippen molar-refractivity contribution >= 4 is 27.0 Å². The van der Waals surface area contributed by atoms with Gasteiger partial charge in [-0.25, -0.2) is 0 Å². The maximum atomic E-state index is 0. The quantitative estimate of drug-likeness (QED) is 0.476. The molecule has 0 bridgehead atoms. The Kier molecular flexibility index (Phi) is 233. The first kappa shape index (κ1) is 42.6. The summed E-state index contributed by atoms with van der Waals surface area (Å²) >= 11 is 0. The Bertz CT molecular complexity index is 6.00. The third-order valence-electron chi connectivity index (χ3n) is 0. The largest absolute Gasteiger partial charge is 0.197 e.